The Morgan fingerprint density at radius 2 is 1.75 bits per heavy atom. The van der Waals surface area contributed by atoms with Crippen molar-refractivity contribution in [3.63, 3.8) is 0 Å². The molecule has 7 heteroatoms. The smallest absolute Gasteiger partial charge is 0.377 e. The SMILES string of the molecule is CCOCc1ccc(CNC(=O)NCC(F)(F)F)cc1. The van der Waals surface area contributed by atoms with Gasteiger partial charge in [-0.25, -0.2) is 4.79 Å². The van der Waals surface area contributed by atoms with E-state index in [4.69, 9.17) is 4.74 Å². The van der Waals surface area contributed by atoms with E-state index in [0.717, 1.165) is 11.1 Å². The van der Waals surface area contributed by atoms with Crippen LogP contribution in [0.2, 0.25) is 0 Å². The molecular formula is C13H17F3N2O2. The molecule has 0 spiro atoms. The summed E-state index contributed by atoms with van der Waals surface area (Å²) < 4.78 is 40.8. The van der Waals surface area contributed by atoms with Crippen LogP contribution in [-0.4, -0.2) is 25.4 Å². The van der Waals surface area contributed by atoms with E-state index in [-0.39, 0.29) is 6.54 Å². The molecule has 0 saturated carbocycles. The first-order chi connectivity index (χ1) is 9.40. The van der Waals surface area contributed by atoms with E-state index in [1.165, 1.54) is 0 Å². The number of halogens is 3. The van der Waals surface area contributed by atoms with Crippen LogP contribution in [0.4, 0.5) is 18.0 Å². The molecule has 20 heavy (non-hydrogen) atoms. The Labute approximate surface area is 115 Å². The molecule has 2 amide bonds. The van der Waals surface area contributed by atoms with Crippen molar-refractivity contribution in [1.29, 1.82) is 0 Å². The number of urea groups is 1. The van der Waals surface area contributed by atoms with Crippen LogP contribution in [0.5, 0.6) is 0 Å². The van der Waals surface area contributed by atoms with Crippen LogP contribution < -0.4 is 10.6 Å². The summed E-state index contributed by atoms with van der Waals surface area (Å²) in [6.45, 7) is 1.86. The molecule has 0 radical (unpaired) electrons. The molecule has 0 aliphatic rings. The lowest BCUT2D eigenvalue weighted by Crippen LogP contribution is -2.40. The number of amides is 2. The van der Waals surface area contributed by atoms with Gasteiger partial charge in [-0.3, -0.25) is 0 Å². The number of hydrogen-bond donors (Lipinski definition) is 2. The standard InChI is InChI=1S/C13H17F3N2O2/c1-2-20-8-11-5-3-10(4-6-11)7-17-12(19)18-9-13(14,15)16/h3-6H,2,7-9H2,1H3,(H2,17,18,19). The number of alkyl halides is 3. The summed E-state index contributed by atoms with van der Waals surface area (Å²) >= 11 is 0. The van der Waals surface area contributed by atoms with Crippen molar-refractivity contribution in [2.24, 2.45) is 0 Å². The molecule has 0 unspecified atom stereocenters. The van der Waals surface area contributed by atoms with Crippen LogP contribution in [0.3, 0.4) is 0 Å². The van der Waals surface area contributed by atoms with E-state index in [1.54, 1.807) is 17.4 Å². The van der Waals surface area contributed by atoms with E-state index >= 15 is 0 Å². The van der Waals surface area contributed by atoms with Crippen molar-refractivity contribution in [1.82, 2.24) is 10.6 Å². The summed E-state index contributed by atoms with van der Waals surface area (Å²) in [5.74, 6) is 0. The zero-order valence-corrected chi connectivity index (χ0v) is 11.1. The minimum atomic E-state index is -4.40. The quantitative estimate of drug-likeness (QED) is 0.846. The Morgan fingerprint density at radius 3 is 2.30 bits per heavy atom. The predicted molar refractivity (Wildman–Crippen MR) is 68.1 cm³/mol. The van der Waals surface area contributed by atoms with E-state index in [9.17, 15) is 18.0 Å². The molecule has 1 aromatic rings. The highest BCUT2D eigenvalue weighted by molar-refractivity contribution is 5.73. The predicted octanol–water partition coefficient (Wildman–Crippen LogP) is 2.58. The van der Waals surface area contributed by atoms with Gasteiger partial charge in [0.15, 0.2) is 0 Å². The third-order valence-electron chi connectivity index (χ3n) is 2.40. The van der Waals surface area contributed by atoms with Gasteiger partial charge in [0.05, 0.1) is 6.61 Å². The lowest BCUT2D eigenvalue weighted by molar-refractivity contribution is -0.122. The van der Waals surface area contributed by atoms with E-state index in [0.29, 0.717) is 13.2 Å². The first-order valence-electron chi connectivity index (χ1n) is 6.14. The highest BCUT2D eigenvalue weighted by atomic mass is 19.4. The number of rotatable bonds is 6. The lowest BCUT2D eigenvalue weighted by atomic mass is 10.1. The van der Waals surface area contributed by atoms with Crippen LogP contribution in [0.25, 0.3) is 0 Å². The third-order valence-corrected chi connectivity index (χ3v) is 2.40. The highest BCUT2D eigenvalue weighted by Crippen LogP contribution is 2.12. The molecule has 0 aromatic heterocycles. The van der Waals surface area contributed by atoms with E-state index in [2.05, 4.69) is 5.32 Å². The van der Waals surface area contributed by atoms with Crippen LogP contribution >= 0.6 is 0 Å². The number of carbonyl (C=O) groups excluding carboxylic acids is 1. The van der Waals surface area contributed by atoms with E-state index < -0.39 is 18.8 Å². The monoisotopic (exact) mass is 290 g/mol. The molecule has 0 heterocycles. The summed E-state index contributed by atoms with van der Waals surface area (Å²) in [7, 11) is 0. The van der Waals surface area contributed by atoms with Gasteiger partial charge >= 0.3 is 12.2 Å². The molecule has 112 valence electrons. The fraction of sp³-hybridized carbons (Fsp3) is 0.462. The molecule has 0 bridgehead atoms. The van der Waals surface area contributed by atoms with Gasteiger partial charge in [0.1, 0.15) is 6.54 Å². The molecule has 0 aliphatic heterocycles. The second-order valence-electron chi connectivity index (χ2n) is 4.11. The molecule has 0 fully saturated rings. The number of nitrogens with one attached hydrogen (secondary N) is 2. The maximum absolute atomic E-state index is 11.9. The summed E-state index contributed by atoms with van der Waals surface area (Å²) in [4.78, 5) is 11.1. The Kier molecular flexibility index (Phi) is 6.30. The number of ether oxygens (including phenoxy) is 1. The average Bonchev–Trinajstić information content (AvgIpc) is 2.41. The number of hydrogen-bond acceptors (Lipinski definition) is 2. The maximum atomic E-state index is 11.9. The van der Waals surface area contributed by atoms with Gasteiger partial charge in [-0.2, -0.15) is 13.2 Å². The van der Waals surface area contributed by atoms with Crippen molar-refractivity contribution in [2.75, 3.05) is 13.2 Å². The van der Waals surface area contributed by atoms with Crippen molar-refractivity contribution in [2.45, 2.75) is 26.3 Å². The van der Waals surface area contributed by atoms with Crippen LogP contribution in [0.1, 0.15) is 18.1 Å². The zero-order valence-electron chi connectivity index (χ0n) is 11.1. The molecule has 4 nitrogen and oxygen atoms in total. The molecule has 2 N–H and O–H groups in total. The first-order valence-corrected chi connectivity index (χ1v) is 6.14. The second-order valence-corrected chi connectivity index (χ2v) is 4.11. The van der Waals surface area contributed by atoms with Gasteiger partial charge in [-0.15, -0.1) is 0 Å². The molecule has 0 aliphatic carbocycles. The van der Waals surface area contributed by atoms with Crippen LogP contribution in [0, 0.1) is 0 Å². The Balaban J connectivity index is 2.32. The van der Waals surface area contributed by atoms with Gasteiger partial charge in [0.2, 0.25) is 0 Å². The number of carbonyl (C=O) groups is 1. The number of benzene rings is 1. The van der Waals surface area contributed by atoms with Crippen molar-refractivity contribution in [3.05, 3.63) is 35.4 Å². The van der Waals surface area contributed by atoms with Crippen molar-refractivity contribution >= 4 is 6.03 Å². The molecule has 0 atom stereocenters. The third kappa shape index (κ3) is 6.98. The molecular weight excluding hydrogens is 273 g/mol. The van der Waals surface area contributed by atoms with Crippen LogP contribution in [-0.2, 0) is 17.9 Å². The molecule has 1 rings (SSSR count). The maximum Gasteiger partial charge on any atom is 0.405 e. The minimum Gasteiger partial charge on any atom is -0.377 e. The summed E-state index contributed by atoms with van der Waals surface area (Å²) in [6, 6.07) is 6.43. The van der Waals surface area contributed by atoms with Crippen molar-refractivity contribution < 1.29 is 22.7 Å². The largest absolute Gasteiger partial charge is 0.405 e. The Bertz CT molecular complexity index is 419. The fourth-order valence-corrected chi connectivity index (χ4v) is 1.40. The summed E-state index contributed by atoms with van der Waals surface area (Å²) in [5.41, 5.74) is 1.80. The van der Waals surface area contributed by atoms with Gasteiger partial charge in [-0.05, 0) is 18.1 Å². The van der Waals surface area contributed by atoms with Gasteiger partial charge in [0, 0.05) is 13.2 Å². The normalized spacial score (nSPS) is 11.2. The van der Waals surface area contributed by atoms with E-state index in [1.807, 2.05) is 19.1 Å². The zero-order chi connectivity index (χ0) is 15.0. The Hall–Kier alpha value is -1.76. The minimum absolute atomic E-state index is 0.165. The topological polar surface area (TPSA) is 50.4 Å². The van der Waals surface area contributed by atoms with Crippen LogP contribution in [0.15, 0.2) is 24.3 Å². The fourth-order valence-electron chi connectivity index (χ4n) is 1.40. The first kappa shape index (κ1) is 16.3. The van der Waals surface area contributed by atoms with Crippen molar-refractivity contribution in [3.8, 4) is 0 Å². The average molecular weight is 290 g/mol. The van der Waals surface area contributed by atoms with Gasteiger partial charge < -0.3 is 15.4 Å². The molecule has 0 saturated heterocycles. The highest BCUT2D eigenvalue weighted by Gasteiger charge is 2.27. The lowest BCUT2D eigenvalue weighted by Gasteiger charge is -2.10. The second kappa shape index (κ2) is 7.74. The Morgan fingerprint density at radius 1 is 1.15 bits per heavy atom. The van der Waals surface area contributed by atoms with Gasteiger partial charge in [0.25, 0.3) is 0 Å². The summed E-state index contributed by atoms with van der Waals surface area (Å²) in [5, 5.41) is 4.09. The summed E-state index contributed by atoms with van der Waals surface area (Å²) in [6.07, 6.45) is -4.40. The molecule has 1 aromatic carbocycles. The van der Waals surface area contributed by atoms with Gasteiger partial charge in [-0.1, -0.05) is 24.3 Å².